The Morgan fingerprint density at radius 3 is 2.14 bits per heavy atom. The molecule has 5 heteroatoms. The number of amides is 1. The van der Waals surface area contributed by atoms with E-state index in [1.807, 2.05) is 37.3 Å². The van der Waals surface area contributed by atoms with Gasteiger partial charge in [0.25, 0.3) is 5.91 Å². The summed E-state index contributed by atoms with van der Waals surface area (Å²) in [5.74, 6) is 0.557. The van der Waals surface area contributed by atoms with Gasteiger partial charge in [-0.15, -0.1) is 0 Å². The van der Waals surface area contributed by atoms with Crippen LogP contribution in [0.2, 0.25) is 0 Å². The smallest absolute Gasteiger partial charge is 0.314 e. The minimum absolute atomic E-state index is 0.139. The molecule has 0 bridgehead atoms. The van der Waals surface area contributed by atoms with Gasteiger partial charge in [-0.2, -0.15) is 0 Å². The van der Waals surface area contributed by atoms with Crippen molar-refractivity contribution < 1.29 is 19.1 Å². The van der Waals surface area contributed by atoms with E-state index < -0.39 is 0 Å². The second kappa shape index (κ2) is 9.37. The van der Waals surface area contributed by atoms with E-state index in [0.29, 0.717) is 17.0 Å². The fourth-order valence-electron chi connectivity index (χ4n) is 2.47. The summed E-state index contributed by atoms with van der Waals surface area (Å²) in [6.45, 7) is 2.24. The number of hydrogen-bond donors (Lipinski definition) is 1. The summed E-state index contributed by atoms with van der Waals surface area (Å²) in [4.78, 5) is 24.1. The standard InChI is InChI=1S/C23H21NO4/c1-17-7-11-20(12-8-17)27-16-15-22(25)28-21-13-9-19(10-14-21)24-23(26)18-5-3-2-4-6-18/h2-14H,15-16H2,1H3,(H,24,26). The molecule has 0 saturated carbocycles. The van der Waals surface area contributed by atoms with E-state index in [1.165, 1.54) is 0 Å². The molecule has 0 aliphatic rings. The molecule has 0 unspecified atom stereocenters. The largest absolute Gasteiger partial charge is 0.493 e. The number of carbonyl (C=O) groups excluding carboxylic acids is 2. The highest BCUT2D eigenvalue weighted by molar-refractivity contribution is 6.04. The van der Waals surface area contributed by atoms with E-state index in [9.17, 15) is 9.59 Å². The van der Waals surface area contributed by atoms with Crippen LogP contribution in [-0.2, 0) is 4.79 Å². The van der Waals surface area contributed by atoms with Gasteiger partial charge in [-0.3, -0.25) is 9.59 Å². The summed E-state index contributed by atoms with van der Waals surface area (Å²) in [5, 5.41) is 2.80. The molecular weight excluding hydrogens is 354 g/mol. The summed E-state index contributed by atoms with van der Waals surface area (Å²) < 4.78 is 10.8. The summed E-state index contributed by atoms with van der Waals surface area (Å²) in [6.07, 6.45) is 0.139. The molecule has 0 aromatic heterocycles. The molecule has 28 heavy (non-hydrogen) atoms. The maximum absolute atomic E-state index is 12.1. The van der Waals surface area contributed by atoms with Crippen LogP contribution in [0, 0.1) is 6.92 Å². The van der Waals surface area contributed by atoms with Gasteiger partial charge >= 0.3 is 5.97 Å². The molecule has 0 heterocycles. The topological polar surface area (TPSA) is 64.6 Å². The molecule has 142 valence electrons. The van der Waals surface area contributed by atoms with Crippen molar-refractivity contribution in [3.8, 4) is 11.5 Å². The highest BCUT2D eigenvalue weighted by Gasteiger charge is 2.08. The van der Waals surface area contributed by atoms with E-state index in [1.54, 1.807) is 48.5 Å². The van der Waals surface area contributed by atoms with Gasteiger partial charge in [0.1, 0.15) is 11.5 Å². The number of rotatable bonds is 7. The predicted molar refractivity (Wildman–Crippen MR) is 108 cm³/mol. The van der Waals surface area contributed by atoms with Crippen molar-refractivity contribution in [2.45, 2.75) is 13.3 Å². The Labute approximate surface area is 163 Å². The van der Waals surface area contributed by atoms with Gasteiger partial charge in [-0.1, -0.05) is 35.9 Å². The van der Waals surface area contributed by atoms with Gasteiger partial charge in [0, 0.05) is 11.3 Å². The highest BCUT2D eigenvalue weighted by atomic mass is 16.5. The zero-order chi connectivity index (χ0) is 19.8. The Kier molecular flexibility index (Phi) is 6.41. The van der Waals surface area contributed by atoms with Gasteiger partial charge in [0.2, 0.25) is 0 Å². The second-order valence-corrected chi connectivity index (χ2v) is 6.23. The molecule has 3 aromatic carbocycles. The number of nitrogens with one attached hydrogen (secondary N) is 1. The number of carbonyl (C=O) groups is 2. The van der Waals surface area contributed by atoms with Crippen LogP contribution in [0.4, 0.5) is 5.69 Å². The van der Waals surface area contributed by atoms with E-state index in [4.69, 9.17) is 9.47 Å². The van der Waals surface area contributed by atoms with Crippen LogP contribution in [0.3, 0.4) is 0 Å². The Bertz CT molecular complexity index is 919. The molecule has 3 aromatic rings. The first-order valence-corrected chi connectivity index (χ1v) is 8.97. The first kappa shape index (κ1) is 19.2. The first-order valence-electron chi connectivity index (χ1n) is 8.97. The molecule has 0 fully saturated rings. The van der Waals surface area contributed by atoms with Crippen LogP contribution in [0.1, 0.15) is 22.3 Å². The summed E-state index contributed by atoms with van der Waals surface area (Å²) in [6, 6.07) is 23.2. The van der Waals surface area contributed by atoms with E-state index >= 15 is 0 Å². The van der Waals surface area contributed by atoms with E-state index in [0.717, 1.165) is 11.3 Å². The third kappa shape index (κ3) is 5.71. The third-order valence-corrected chi connectivity index (χ3v) is 3.98. The van der Waals surface area contributed by atoms with Crippen molar-refractivity contribution >= 4 is 17.6 Å². The fraction of sp³-hybridized carbons (Fsp3) is 0.130. The fourth-order valence-corrected chi connectivity index (χ4v) is 2.47. The Balaban J connectivity index is 1.45. The van der Waals surface area contributed by atoms with Crippen molar-refractivity contribution in [1.29, 1.82) is 0 Å². The number of aryl methyl sites for hydroxylation is 1. The van der Waals surface area contributed by atoms with Crippen LogP contribution in [0.15, 0.2) is 78.9 Å². The quantitative estimate of drug-likeness (QED) is 0.483. The minimum atomic E-state index is -0.381. The van der Waals surface area contributed by atoms with Gasteiger partial charge in [-0.05, 0) is 55.5 Å². The average Bonchev–Trinajstić information content (AvgIpc) is 2.71. The molecule has 0 saturated heterocycles. The van der Waals surface area contributed by atoms with Crippen molar-refractivity contribution in [1.82, 2.24) is 0 Å². The Hall–Kier alpha value is -3.60. The van der Waals surface area contributed by atoms with E-state index in [2.05, 4.69) is 5.32 Å². The molecule has 5 nitrogen and oxygen atoms in total. The molecule has 0 aliphatic heterocycles. The maximum atomic E-state index is 12.1. The highest BCUT2D eigenvalue weighted by Crippen LogP contribution is 2.17. The van der Waals surface area contributed by atoms with Crippen molar-refractivity contribution in [3.63, 3.8) is 0 Å². The summed E-state index contributed by atoms with van der Waals surface area (Å²) in [7, 11) is 0. The van der Waals surface area contributed by atoms with Gasteiger partial charge in [0.15, 0.2) is 0 Å². The molecule has 0 aliphatic carbocycles. The van der Waals surface area contributed by atoms with Gasteiger partial charge in [-0.25, -0.2) is 0 Å². The van der Waals surface area contributed by atoms with Crippen molar-refractivity contribution in [3.05, 3.63) is 90.0 Å². The second-order valence-electron chi connectivity index (χ2n) is 6.23. The average molecular weight is 375 g/mol. The van der Waals surface area contributed by atoms with Crippen molar-refractivity contribution in [2.24, 2.45) is 0 Å². The monoisotopic (exact) mass is 375 g/mol. The normalized spacial score (nSPS) is 10.2. The lowest BCUT2D eigenvalue weighted by atomic mass is 10.2. The molecule has 0 radical (unpaired) electrons. The number of hydrogen-bond acceptors (Lipinski definition) is 4. The predicted octanol–water partition coefficient (Wildman–Crippen LogP) is 4.62. The van der Waals surface area contributed by atoms with Gasteiger partial charge < -0.3 is 14.8 Å². The number of esters is 1. The number of ether oxygens (including phenoxy) is 2. The zero-order valence-electron chi connectivity index (χ0n) is 15.6. The van der Waals surface area contributed by atoms with Crippen LogP contribution in [-0.4, -0.2) is 18.5 Å². The third-order valence-electron chi connectivity index (χ3n) is 3.98. The Morgan fingerprint density at radius 1 is 0.821 bits per heavy atom. The van der Waals surface area contributed by atoms with Gasteiger partial charge in [0.05, 0.1) is 13.0 Å². The summed E-state index contributed by atoms with van der Waals surface area (Å²) >= 11 is 0. The lowest BCUT2D eigenvalue weighted by molar-refractivity contribution is -0.134. The lowest BCUT2D eigenvalue weighted by Crippen LogP contribution is -2.13. The van der Waals surface area contributed by atoms with Crippen LogP contribution < -0.4 is 14.8 Å². The molecule has 0 spiro atoms. The molecule has 0 atom stereocenters. The number of anilines is 1. The van der Waals surface area contributed by atoms with Crippen LogP contribution >= 0.6 is 0 Å². The van der Waals surface area contributed by atoms with E-state index in [-0.39, 0.29) is 24.9 Å². The summed E-state index contributed by atoms with van der Waals surface area (Å²) in [5.41, 5.74) is 2.35. The maximum Gasteiger partial charge on any atom is 0.314 e. The molecular formula is C23H21NO4. The van der Waals surface area contributed by atoms with Crippen LogP contribution in [0.5, 0.6) is 11.5 Å². The zero-order valence-corrected chi connectivity index (χ0v) is 15.6. The molecule has 3 rings (SSSR count). The molecule has 1 N–H and O–H groups in total. The van der Waals surface area contributed by atoms with Crippen molar-refractivity contribution in [2.75, 3.05) is 11.9 Å². The Morgan fingerprint density at radius 2 is 1.46 bits per heavy atom. The minimum Gasteiger partial charge on any atom is -0.493 e. The first-order chi connectivity index (χ1) is 13.6. The lowest BCUT2D eigenvalue weighted by Gasteiger charge is -2.08. The SMILES string of the molecule is Cc1ccc(OCCC(=O)Oc2ccc(NC(=O)c3ccccc3)cc2)cc1. The molecule has 1 amide bonds. The van der Waals surface area contributed by atoms with Crippen LogP contribution in [0.25, 0.3) is 0 Å². The number of benzene rings is 3.